The number of halogens is 2. The summed E-state index contributed by atoms with van der Waals surface area (Å²) in [4.78, 5) is -0.614. The summed E-state index contributed by atoms with van der Waals surface area (Å²) in [5.41, 5.74) is 4.90. The lowest BCUT2D eigenvalue weighted by Gasteiger charge is -2.21. The van der Waals surface area contributed by atoms with E-state index < -0.39 is 26.6 Å². The first-order valence-electron chi connectivity index (χ1n) is 6.26. The number of anilines is 1. The summed E-state index contributed by atoms with van der Waals surface area (Å²) in [6.45, 7) is 0.240. The molecule has 0 spiro atoms. The molecule has 1 fully saturated rings. The average Bonchev–Trinajstić information content (AvgIpc) is 2.42. The molecule has 2 rings (SSSR count). The molecule has 4 nitrogen and oxygen atoms in total. The first-order valence-corrected chi connectivity index (χ1v) is 8.79. The highest BCUT2D eigenvalue weighted by Gasteiger charge is 2.23. The predicted octanol–water partition coefficient (Wildman–Crippen LogP) is 2.11. The fourth-order valence-electron chi connectivity index (χ4n) is 2.00. The Morgan fingerprint density at radius 3 is 2.70 bits per heavy atom. The Bertz CT molecular complexity index is 587. The third-order valence-corrected chi connectivity index (χ3v) is 5.95. The van der Waals surface area contributed by atoms with Crippen LogP contribution in [0.1, 0.15) is 19.3 Å². The molecule has 112 valence electrons. The maximum atomic E-state index is 13.6. The van der Waals surface area contributed by atoms with Crippen LogP contribution in [0, 0.1) is 11.6 Å². The van der Waals surface area contributed by atoms with Crippen molar-refractivity contribution in [2.75, 3.05) is 18.0 Å². The summed E-state index contributed by atoms with van der Waals surface area (Å²) < 4.78 is 53.0. The van der Waals surface area contributed by atoms with E-state index in [-0.39, 0.29) is 17.5 Å². The van der Waals surface area contributed by atoms with Crippen LogP contribution < -0.4 is 10.5 Å². The average molecular weight is 322 g/mol. The van der Waals surface area contributed by atoms with Gasteiger partial charge in [-0.3, -0.25) is 0 Å². The number of hydrogen-bond acceptors (Lipinski definition) is 4. The molecule has 20 heavy (non-hydrogen) atoms. The summed E-state index contributed by atoms with van der Waals surface area (Å²) in [5.74, 6) is -1.10. The lowest BCUT2D eigenvalue weighted by atomic mass is 10.2. The van der Waals surface area contributed by atoms with Crippen molar-refractivity contribution in [1.29, 1.82) is 0 Å². The Kier molecular flexibility index (Phi) is 4.87. The van der Waals surface area contributed by atoms with Crippen molar-refractivity contribution in [3.8, 4) is 0 Å². The van der Waals surface area contributed by atoms with E-state index in [1.54, 1.807) is 11.8 Å². The van der Waals surface area contributed by atoms with Gasteiger partial charge in [-0.1, -0.05) is 6.42 Å². The zero-order valence-electron chi connectivity index (χ0n) is 10.7. The summed E-state index contributed by atoms with van der Waals surface area (Å²) in [7, 11) is -4.01. The van der Waals surface area contributed by atoms with Crippen LogP contribution in [0.25, 0.3) is 0 Å². The van der Waals surface area contributed by atoms with E-state index in [4.69, 9.17) is 5.73 Å². The third-order valence-electron chi connectivity index (χ3n) is 3.12. The normalized spacial score (nSPS) is 20.0. The van der Waals surface area contributed by atoms with E-state index in [1.165, 1.54) is 0 Å². The lowest BCUT2D eigenvalue weighted by molar-refractivity contribution is 0.542. The summed E-state index contributed by atoms with van der Waals surface area (Å²) in [6, 6.07) is 1.29. The monoisotopic (exact) mass is 322 g/mol. The van der Waals surface area contributed by atoms with Gasteiger partial charge in [0, 0.05) is 17.9 Å². The van der Waals surface area contributed by atoms with Gasteiger partial charge in [0.25, 0.3) is 0 Å². The van der Waals surface area contributed by atoms with Gasteiger partial charge in [-0.2, -0.15) is 11.8 Å². The van der Waals surface area contributed by atoms with E-state index >= 15 is 0 Å². The molecule has 1 heterocycles. The number of benzene rings is 1. The Labute approximate surface area is 121 Å². The number of thioether (sulfide) groups is 1. The second-order valence-electron chi connectivity index (χ2n) is 4.64. The Morgan fingerprint density at radius 1 is 1.30 bits per heavy atom. The Hall–Kier alpha value is -0.860. The predicted molar refractivity (Wildman–Crippen MR) is 76.1 cm³/mol. The van der Waals surface area contributed by atoms with Crippen LogP contribution >= 0.6 is 11.8 Å². The molecule has 1 aromatic rings. The van der Waals surface area contributed by atoms with Crippen molar-refractivity contribution >= 4 is 27.5 Å². The third kappa shape index (κ3) is 3.62. The number of nitrogens with one attached hydrogen (secondary N) is 1. The van der Waals surface area contributed by atoms with E-state index in [0.29, 0.717) is 6.07 Å². The molecule has 0 aromatic heterocycles. The maximum absolute atomic E-state index is 13.6. The van der Waals surface area contributed by atoms with Crippen LogP contribution in [0.4, 0.5) is 14.5 Å². The topological polar surface area (TPSA) is 72.2 Å². The number of rotatable bonds is 4. The van der Waals surface area contributed by atoms with Gasteiger partial charge in [0.05, 0.1) is 5.69 Å². The Morgan fingerprint density at radius 2 is 2.05 bits per heavy atom. The maximum Gasteiger partial charge on any atom is 0.243 e. The van der Waals surface area contributed by atoms with Gasteiger partial charge in [0.1, 0.15) is 16.5 Å². The molecule has 0 saturated carbocycles. The van der Waals surface area contributed by atoms with Crippen LogP contribution in [0.3, 0.4) is 0 Å². The van der Waals surface area contributed by atoms with Gasteiger partial charge in [0.2, 0.25) is 10.0 Å². The summed E-state index contributed by atoms with van der Waals surface area (Å²) >= 11 is 1.70. The number of sulfonamides is 1. The second kappa shape index (κ2) is 6.28. The Balaban J connectivity index is 2.11. The molecule has 1 aromatic carbocycles. The van der Waals surface area contributed by atoms with Crippen LogP contribution in [-0.2, 0) is 10.0 Å². The van der Waals surface area contributed by atoms with Gasteiger partial charge < -0.3 is 5.73 Å². The fraction of sp³-hybridized carbons (Fsp3) is 0.500. The van der Waals surface area contributed by atoms with Crippen LogP contribution in [0.5, 0.6) is 0 Å². The lowest BCUT2D eigenvalue weighted by Crippen LogP contribution is -2.32. The highest BCUT2D eigenvalue weighted by Crippen LogP contribution is 2.25. The van der Waals surface area contributed by atoms with Crippen LogP contribution in [0.2, 0.25) is 0 Å². The largest absolute Gasteiger partial charge is 0.396 e. The fourth-order valence-corrected chi connectivity index (χ4v) is 4.52. The smallest absolute Gasteiger partial charge is 0.243 e. The number of nitrogens with two attached hydrogens (primary N) is 1. The molecule has 0 bridgehead atoms. The highest BCUT2D eigenvalue weighted by atomic mass is 32.2. The quantitative estimate of drug-likeness (QED) is 0.833. The first-order chi connectivity index (χ1) is 9.40. The minimum atomic E-state index is -4.01. The van der Waals surface area contributed by atoms with E-state index in [0.717, 1.165) is 31.1 Å². The minimum absolute atomic E-state index is 0.194. The van der Waals surface area contributed by atoms with Gasteiger partial charge >= 0.3 is 0 Å². The van der Waals surface area contributed by atoms with E-state index in [9.17, 15) is 17.2 Å². The summed E-state index contributed by atoms with van der Waals surface area (Å²) in [6.07, 6.45) is 3.13. The van der Waals surface area contributed by atoms with Crippen molar-refractivity contribution in [3.63, 3.8) is 0 Å². The minimum Gasteiger partial charge on any atom is -0.396 e. The zero-order chi connectivity index (χ0) is 14.8. The van der Waals surface area contributed by atoms with Gasteiger partial charge in [-0.25, -0.2) is 21.9 Å². The molecule has 1 aliphatic heterocycles. The molecule has 1 unspecified atom stereocenters. The molecular weight excluding hydrogens is 306 g/mol. The summed E-state index contributed by atoms with van der Waals surface area (Å²) in [5, 5.41) is 0.194. The van der Waals surface area contributed by atoms with Crippen LogP contribution in [0.15, 0.2) is 17.0 Å². The molecule has 1 saturated heterocycles. The van der Waals surface area contributed by atoms with Gasteiger partial charge in [-0.05, 0) is 24.7 Å². The van der Waals surface area contributed by atoms with Crippen molar-refractivity contribution < 1.29 is 17.2 Å². The van der Waals surface area contributed by atoms with Crippen molar-refractivity contribution in [1.82, 2.24) is 4.72 Å². The molecule has 1 aliphatic rings. The molecule has 0 aliphatic carbocycles. The molecule has 0 radical (unpaired) electrons. The molecule has 1 atom stereocenters. The number of hydrogen-bond donors (Lipinski definition) is 2. The van der Waals surface area contributed by atoms with E-state index in [2.05, 4.69) is 4.72 Å². The van der Waals surface area contributed by atoms with Crippen molar-refractivity contribution in [2.45, 2.75) is 29.4 Å². The first kappa shape index (κ1) is 15.5. The van der Waals surface area contributed by atoms with Gasteiger partial charge in [-0.15, -0.1) is 0 Å². The SMILES string of the molecule is Nc1cc(S(=O)(=O)NCC2CCCCS2)c(F)cc1F. The van der Waals surface area contributed by atoms with Crippen LogP contribution in [-0.4, -0.2) is 26.0 Å². The molecule has 3 N–H and O–H groups in total. The van der Waals surface area contributed by atoms with Gasteiger partial charge in [0.15, 0.2) is 0 Å². The van der Waals surface area contributed by atoms with E-state index in [1.807, 2.05) is 0 Å². The molecule has 8 heteroatoms. The number of nitrogen functional groups attached to an aromatic ring is 1. The second-order valence-corrected chi connectivity index (χ2v) is 7.79. The molecular formula is C12H16F2N2O2S2. The molecule has 0 amide bonds. The van der Waals surface area contributed by atoms with Crippen molar-refractivity contribution in [2.24, 2.45) is 0 Å². The zero-order valence-corrected chi connectivity index (χ0v) is 12.4. The van der Waals surface area contributed by atoms with Crippen molar-refractivity contribution in [3.05, 3.63) is 23.8 Å². The highest BCUT2D eigenvalue weighted by molar-refractivity contribution is 8.00. The standard InChI is InChI=1S/C12H16F2N2O2S2/c13-9-5-10(14)12(6-11(9)15)20(17,18)16-7-8-3-1-2-4-19-8/h5-6,8,16H,1-4,7,15H2.